The molecule has 2 N–H and O–H groups in total. The second-order valence-electron chi connectivity index (χ2n) is 5.77. The number of ether oxygens (including phenoxy) is 1. The van der Waals surface area contributed by atoms with Gasteiger partial charge in [-0.1, -0.05) is 19.9 Å². The fourth-order valence-corrected chi connectivity index (χ4v) is 3.25. The van der Waals surface area contributed by atoms with E-state index in [0.717, 1.165) is 6.42 Å². The molecule has 5 nitrogen and oxygen atoms in total. The number of rotatable bonds is 5. The van der Waals surface area contributed by atoms with Crippen LogP contribution in [-0.4, -0.2) is 48.4 Å². The summed E-state index contributed by atoms with van der Waals surface area (Å²) in [5.74, 6) is 0.507. The minimum Gasteiger partial charge on any atom is -0.394 e. The summed E-state index contributed by atoms with van der Waals surface area (Å²) in [6.45, 7) is 5.76. The second kappa shape index (κ2) is 7.77. The predicted octanol–water partition coefficient (Wildman–Crippen LogP) is 2.24. The molecule has 0 aromatic carbocycles. The van der Waals surface area contributed by atoms with Gasteiger partial charge in [0.2, 0.25) is 0 Å². The third-order valence-electron chi connectivity index (χ3n) is 3.52. The lowest BCUT2D eigenvalue weighted by Crippen LogP contribution is -2.51. The average Bonchev–Trinajstić information content (AvgIpc) is 3.00. The van der Waals surface area contributed by atoms with Crippen molar-refractivity contribution in [3.63, 3.8) is 0 Å². The molecule has 1 saturated heterocycles. The van der Waals surface area contributed by atoms with Crippen LogP contribution in [-0.2, 0) is 4.74 Å². The van der Waals surface area contributed by atoms with E-state index in [0.29, 0.717) is 25.6 Å². The summed E-state index contributed by atoms with van der Waals surface area (Å²) < 4.78 is 5.38. The molecule has 1 aliphatic heterocycles. The number of aliphatic hydroxyl groups is 1. The van der Waals surface area contributed by atoms with Crippen LogP contribution < -0.4 is 5.32 Å². The van der Waals surface area contributed by atoms with Crippen molar-refractivity contribution in [2.45, 2.75) is 32.4 Å². The number of thiophene rings is 1. The van der Waals surface area contributed by atoms with E-state index in [1.165, 1.54) is 4.88 Å². The van der Waals surface area contributed by atoms with Crippen LogP contribution in [0, 0.1) is 5.92 Å². The molecule has 1 aliphatic rings. The molecule has 2 amide bonds. The quantitative estimate of drug-likeness (QED) is 0.876. The largest absolute Gasteiger partial charge is 0.394 e. The van der Waals surface area contributed by atoms with Gasteiger partial charge in [-0.2, -0.15) is 0 Å². The van der Waals surface area contributed by atoms with E-state index in [1.54, 1.807) is 16.2 Å². The summed E-state index contributed by atoms with van der Waals surface area (Å²) in [5, 5.41) is 14.3. The number of carbonyl (C=O) groups is 1. The highest BCUT2D eigenvalue weighted by Gasteiger charge is 2.26. The standard InChI is InChI=1S/C15H24N2O3S/c1-11(2)8-13(14-4-3-7-21-14)16-15(19)17-5-6-20-12(9-17)10-18/h3-4,7,11-13,18H,5-6,8-10H2,1-2H3,(H,16,19)/t12-,13-/m1/s1. The highest BCUT2D eigenvalue weighted by molar-refractivity contribution is 7.10. The minimum atomic E-state index is -0.269. The molecular formula is C15H24N2O3S. The molecule has 6 heteroatoms. The molecule has 1 aromatic rings. The summed E-state index contributed by atoms with van der Waals surface area (Å²) >= 11 is 1.67. The lowest BCUT2D eigenvalue weighted by molar-refractivity contribution is -0.0405. The summed E-state index contributed by atoms with van der Waals surface area (Å²) in [5.41, 5.74) is 0. The Hall–Kier alpha value is -1.11. The van der Waals surface area contributed by atoms with Crippen LogP contribution in [0.25, 0.3) is 0 Å². The van der Waals surface area contributed by atoms with Gasteiger partial charge in [0.15, 0.2) is 0 Å². The zero-order valence-electron chi connectivity index (χ0n) is 12.6. The summed E-state index contributed by atoms with van der Waals surface area (Å²) in [4.78, 5) is 15.3. The molecule has 0 saturated carbocycles. The van der Waals surface area contributed by atoms with Gasteiger partial charge in [-0.15, -0.1) is 11.3 Å². The minimum absolute atomic E-state index is 0.0490. The molecule has 0 spiro atoms. The molecule has 1 fully saturated rings. The Balaban J connectivity index is 1.97. The van der Waals surface area contributed by atoms with Crippen LogP contribution in [0.3, 0.4) is 0 Å². The van der Waals surface area contributed by atoms with Gasteiger partial charge in [0.1, 0.15) is 0 Å². The predicted molar refractivity (Wildman–Crippen MR) is 83.4 cm³/mol. The number of hydrogen-bond donors (Lipinski definition) is 2. The van der Waals surface area contributed by atoms with E-state index in [1.807, 2.05) is 11.4 Å². The number of carbonyl (C=O) groups excluding carboxylic acids is 1. The van der Waals surface area contributed by atoms with E-state index in [4.69, 9.17) is 9.84 Å². The first kappa shape index (κ1) is 16.3. The smallest absolute Gasteiger partial charge is 0.318 e. The highest BCUT2D eigenvalue weighted by atomic mass is 32.1. The number of nitrogens with zero attached hydrogens (tertiary/aromatic N) is 1. The second-order valence-corrected chi connectivity index (χ2v) is 6.75. The summed E-state index contributed by atoms with van der Waals surface area (Å²) in [7, 11) is 0. The Labute approximate surface area is 129 Å². The Morgan fingerprint density at radius 1 is 1.62 bits per heavy atom. The molecule has 0 unspecified atom stereocenters. The van der Waals surface area contributed by atoms with Crippen LogP contribution in [0.2, 0.25) is 0 Å². The summed E-state index contributed by atoms with van der Waals surface area (Å²) in [6.07, 6.45) is 0.648. The highest BCUT2D eigenvalue weighted by Crippen LogP contribution is 2.25. The Morgan fingerprint density at radius 3 is 3.05 bits per heavy atom. The Morgan fingerprint density at radius 2 is 2.43 bits per heavy atom. The van der Waals surface area contributed by atoms with Crippen molar-refractivity contribution in [3.8, 4) is 0 Å². The molecule has 2 atom stereocenters. The van der Waals surface area contributed by atoms with Crippen LogP contribution in [0.1, 0.15) is 31.2 Å². The molecular weight excluding hydrogens is 288 g/mol. The fraction of sp³-hybridized carbons (Fsp3) is 0.667. The van der Waals surface area contributed by atoms with Gasteiger partial charge in [-0.25, -0.2) is 4.79 Å². The van der Waals surface area contributed by atoms with Gasteiger partial charge < -0.3 is 20.1 Å². The lowest BCUT2D eigenvalue weighted by Gasteiger charge is -2.33. The number of aliphatic hydroxyl groups excluding tert-OH is 1. The van der Waals surface area contributed by atoms with Crippen molar-refractivity contribution in [1.29, 1.82) is 0 Å². The molecule has 118 valence electrons. The van der Waals surface area contributed by atoms with Gasteiger partial charge >= 0.3 is 6.03 Å². The molecule has 0 aliphatic carbocycles. The van der Waals surface area contributed by atoms with Gasteiger partial charge in [-0.05, 0) is 23.8 Å². The van der Waals surface area contributed by atoms with Crippen LogP contribution in [0.15, 0.2) is 17.5 Å². The van der Waals surface area contributed by atoms with Crippen molar-refractivity contribution < 1.29 is 14.6 Å². The van der Waals surface area contributed by atoms with Gasteiger partial charge in [0.25, 0.3) is 0 Å². The number of urea groups is 1. The van der Waals surface area contributed by atoms with Gasteiger partial charge in [0.05, 0.1) is 31.9 Å². The Kier molecular flexibility index (Phi) is 6.02. The zero-order valence-corrected chi connectivity index (χ0v) is 13.4. The SMILES string of the molecule is CC(C)C[C@@H](NC(=O)N1CCO[C@@H](CO)C1)c1cccs1. The van der Waals surface area contributed by atoms with Crippen LogP contribution in [0.5, 0.6) is 0 Å². The third kappa shape index (κ3) is 4.69. The van der Waals surface area contributed by atoms with Gasteiger partial charge in [0, 0.05) is 11.4 Å². The molecule has 2 rings (SSSR count). The first-order valence-electron chi connectivity index (χ1n) is 7.41. The first-order valence-corrected chi connectivity index (χ1v) is 8.29. The number of amides is 2. The maximum atomic E-state index is 12.4. The van der Waals surface area contributed by atoms with E-state index in [2.05, 4.69) is 25.2 Å². The van der Waals surface area contributed by atoms with Crippen molar-refractivity contribution in [1.82, 2.24) is 10.2 Å². The molecule has 0 radical (unpaired) electrons. The van der Waals surface area contributed by atoms with Crippen molar-refractivity contribution in [2.75, 3.05) is 26.3 Å². The zero-order chi connectivity index (χ0) is 15.2. The van der Waals surface area contributed by atoms with Gasteiger partial charge in [-0.3, -0.25) is 0 Å². The van der Waals surface area contributed by atoms with Crippen molar-refractivity contribution in [2.24, 2.45) is 5.92 Å². The molecule has 1 aromatic heterocycles. The lowest BCUT2D eigenvalue weighted by atomic mass is 10.0. The van der Waals surface area contributed by atoms with E-state index >= 15 is 0 Å². The van der Waals surface area contributed by atoms with E-state index in [-0.39, 0.29) is 24.8 Å². The van der Waals surface area contributed by atoms with Crippen LogP contribution >= 0.6 is 11.3 Å². The number of hydrogen-bond acceptors (Lipinski definition) is 4. The first-order chi connectivity index (χ1) is 10.1. The van der Waals surface area contributed by atoms with Crippen LogP contribution in [0.4, 0.5) is 4.79 Å². The monoisotopic (exact) mass is 312 g/mol. The van der Waals surface area contributed by atoms with Crippen molar-refractivity contribution in [3.05, 3.63) is 22.4 Å². The topological polar surface area (TPSA) is 61.8 Å². The van der Waals surface area contributed by atoms with E-state index < -0.39 is 0 Å². The molecule has 0 bridgehead atoms. The summed E-state index contributed by atoms with van der Waals surface area (Å²) in [6, 6.07) is 4.05. The average molecular weight is 312 g/mol. The molecule has 21 heavy (non-hydrogen) atoms. The fourth-order valence-electron chi connectivity index (χ4n) is 2.46. The Bertz CT molecular complexity index is 436. The molecule has 2 heterocycles. The third-order valence-corrected chi connectivity index (χ3v) is 4.51. The number of morpholine rings is 1. The number of nitrogens with one attached hydrogen (secondary N) is 1. The normalized spacial score (nSPS) is 20.6. The maximum Gasteiger partial charge on any atom is 0.318 e. The van der Waals surface area contributed by atoms with E-state index in [9.17, 15) is 4.79 Å². The van der Waals surface area contributed by atoms with Crippen molar-refractivity contribution >= 4 is 17.4 Å². The maximum absolute atomic E-state index is 12.4.